The SMILES string of the molecule is CCOC(Cn1cc(C(=O)Nc2ccc(-c3n[nH]c(C4CC4)n3)cc2)nn1)OCC. The molecule has 1 saturated carbocycles. The Morgan fingerprint density at radius 2 is 1.97 bits per heavy atom. The molecule has 1 aromatic carbocycles. The van der Waals surface area contributed by atoms with Gasteiger partial charge in [-0.05, 0) is 51.0 Å². The summed E-state index contributed by atoms with van der Waals surface area (Å²) in [6.45, 7) is 5.20. The van der Waals surface area contributed by atoms with Crippen LogP contribution in [0.15, 0.2) is 30.5 Å². The van der Waals surface area contributed by atoms with Gasteiger partial charge in [0.25, 0.3) is 5.91 Å². The Morgan fingerprint density at radius 1 is 1.23 bits per heavy atom. The minimum atomic E-state index is -0.429. The predicted molar refractivity (Wildman–Crippen MR) is 109 cm³/mol. The maximum absolute atomic E-state index is 12.5. The van der Waals surface area contributed by atoms with E-state index in [9.17, 15) is 4.79 Å². The fourth-order valence-corrected chi connectivity index (χ4v) is 3.01. The summed E-state index contributed by atoms with van der Waals surface area (Å²) in [5.41, 5.74) is 1.76. The first-order valence-electron chi connectivity index (χ1n) is 10.1. The number of nitrogens with zero attached hydrogens (tertiary/aromatic N) is 5. The molecule has 0 unspecified atom stereocenters. The van der Waals surface area contributed by atoms with Gasteiger partial charge in [-0.3, -0.25) is 9.89 Å². The first kappa shape index (κ1) is 20.2. The van der Waals surface area contributed by atoms with Gasteiger partial charge in [-0.1, -0.05) is 5.21 Å². The fraction of sp³-hybridized carbons (Fsp3) is 0.450. The molecule has 3 aromatic rings. The van der Waals surface area contributed by atoms with Crippen molar-refractivity contribution in [1.82, 2.24) is 30.2 Å². The summed E-state index contributed by atoms with van der Waals surface area (Å²) in [6.07, 6.45) is 3.48. The lowest BCUT2D eigenvalue weighted by Crippen LogP contribution is -2.24. The van der Waals surface area contributed by atoms with Gasteiger partial charge in [0.2, 0.25) is 0 Å². The van der Waals surface area contributed by atoms with Gasteiger partial charge in [-0.25, -0.2) is 9.67 Å². The van der Waals surface area contributed by atoms with E-state index in [0.717, 1.165) is 11.4 Å². The molecular formula is C20H25N7O3. The molecule has 2 heterocycles. The molecule has 10 nitrogen and oxygen atoms in total. The van der Waals surface area contributed by atoms with Crippen molar-refractivity contribution in [1.29, 1.82) is 0 Å². The second kappa shape index (κ2) is 9.14. The summed E-state index contributed by atoms with van der Waals surface area (Å²) in [4.78, 5) is 17.0. The fourth-order valence-electron chi connectivity index (χ4n) is 3.01. The van der Waals surface area contributed by atoms with Gasteiger partial charge in [-0.2, -0.15) is 5.10 Å². The van der Waals surface area contributed by atoms with Gasteiger partial charge >= 0.3 is 0 Å². The average Bonchev–Trinajstić information content (AvgIpc) is 3.28. The van der Waals surface area contributed by atoms with Crippen LogP contribution >= 0.6 is 0 Å². The lowest BCUT2D eigenvalue weighted by molar-refractivity contribution is -0.145. The highest BCUT2D eigenvalue weighted by Gasteiger charge is 2.27. The second-order valence-electron chi connectivity index (χ2n) is 7.02. The maximum Gasteiger partial charge on any atom is 0.277 e. The molecule has 2 N–H and O–H groups in total. The third kappa shape index (κ3) is 4.89. The van der Waals surface area contributed by atoms with E-state index in [0.29, 0.717) is 37.2 Å². The third-order valence-corrected chi connectivity index (χ3v) is 4.68. The van der Waals surface area contributed by atoms with E-state index >= 15 is 0 Å². The Morgan fingerprint density at radius 3 is 2.63 bits per heavy atom. The van der Waals surface area contributed by atoms with Gasteiger partial charge in [0.15, 0.2) is 17.8 Å². The molecule has 0 saturated heterocycles. The summed E-state index contributed by atoms with van der Waals surface area (Å²) >= 11 is 0. The Hall–Kier alpha value is -3.11. The first-order valence-corrected chi connectivity index (χ1v) is 10.1. The predicted octanol–water partition coefficient (Wildman–Crippen LogP) is 2.59. The zero-order valence-corrected chi connectivity index (χ0v) is 17.0. The molecule has 1 fully saturated rings. The Kier molecular flexibility index (Phi) is 6.15. The van der Waals surface area contributed by atoms with Crippen molar-refractivity contribution in [3.05, 3.63) is 42.0 Å². The number of nitrogens with one attached hydrogen (secondary N) is 2. The Labute approximate surface area is 174 Å². The van der Waals surface area contributed by atoms with Crippen molar-refractivity contribution in [2.75, 3.05) is 18.5 Å². The Bertz CT molecular complexity index is 972. The quantitative estimate of drug-likeness (QED) is 0.492. The normalized spacial score (nSPS) is 13.7. The monoisotopic (exact) mass is 411 g/mol. The molecule has 1 amide bonds. The number of ether oxygens (including phenoxy) is 2. The van der Waals surface area contributed by atoms with Crippen LogP contribution in [0.3, 0.4) is 0 Å². The number of H-pyrrole nitrogens is 1. The van der Waals surface area contributed by atoms with E-state index in [1.54, 1.807) is 6.20 Å². The lowest BCUT2D eigenvalue weighted by Gasteiger charge is -2.16. The van der Waals surface area contributed by atoms with E-state index in [4.69, 9.17) is 9.47 Å². The molecule has 0 spiro atoms. The molecule has 0 radical (unpaired) electrons. The number of benzene rings is 1. The van der Waals surface area contributed by atoms with Crippen LogP contribution in [0.5, 0.6) is 0 Å². The van der Waals surface area contributed by atoms with Crippen LogP contribution in [0.25, 0.3) is 11.4 Å². The zero-order valence-electron chi connectivity index (χ0n) is 17.0. The van der Waals surface area contributed by atoms with Crippen LogP contribution in [0, 0.1) is 0 Å². The van der Waals surface area contributed by atoms with E-state index in [-0.39, 0.29) is 11.6 Å². The molecule has 0 bridgehead atoms. The average molecular weight is 411 g/mol. The van der Waals surface area contributed by atoms with Gasteiger partial charge < -0.3 is 14.8 Å². The number of carbonyl (C=O) groups excluding carboxylic acids is 1. The van der Waals surface area contributed by atoms with Gasteiger partial charge in [0.1, 0.15) is 5.82 Å². The molecule has 0 aliphatic heterocycles. The maximum atomic E-state index is 12.5. The minimum absolute atomic E-state index is 0.217. The molecule has 4 rings (SSSR count). The number of carbonyl (C=O) groups is 1. The number of aromatic amines is 1. The molecule has 2 aromatic heterocycles. The van der Waals surface area contributed by atoms with Gasteiger partial charge in [0, 0.05) is 30.4 Å². The standard InChI is InChI=1S/C20H25N7O3/c1-3-29-17(30-4-2)12-27-11-16(23-26-27)20(28)21-15-9-7-14(8-10-15)19-22-18(24-25-19)13-5-6-13/h7-11,13,17H,3-6,12H2,1-2H3,(H,21,28)(H,22,24,25). The molecule has 1 aliphatic carbocycles. The van der Waals surface area contributed by atoms with E-state index in [2.05, 4.69) is 30.8 Å². The number of hydrogen-bond acceptors (Lipinski definition) is 7. The number of amides is 1. The number of anilines is 1. The van der Waals surface area contributed by atoms with Crippen molar-refractivity contribution in [2.24, 2.45) is 0 Å². The lowest BCUT2D eigenvalue weighted by atomic mass is 10.2. The summed E-state index contributed by atoms with van der Waals surface area (Å²) in [5.74, 6) is 1.79. The van der Waals surface area contributed by atoms with Crippen LogP contribution in [-0.2, 0) is 16.0 Å². The highest BCUT2D eigenvalue weighted by Crippen LogP contribution is 2.38. The highest BCUT2D eigenvalue weighted by atomic mass is 16.7. The summed E-state index contributed by atoms with van der Waals surface area (Å²) in [6, 6.07) is 7.37. The second-order valence-corrected chi connectivity index (χ2v) is 7.02. The third-order valence-electron chi connectivity index (χ3n) is 4.68. The number of rotatable bonds is 10. The molecule has 10 heteroatoms. The minimum Gasteiger partial charge on any atom is -0.351 e. The van der Waals surface area contributed by atoms with Crippen molar-refractivity contribution >= 4 is 11.6 Å². The first-order chi connectivity index (χ1) is 14.7. The molecule has 1 aliphatic rings. The highest BCUT2D eigenvalue weighted by molar-refractivity contribution is 6.02. The van der Waals surface area contributed by atoms with Crippen molar-refractivity contribution in [3.63, 3.8) is 0 Å². The van der Waals surface area contributed by atoms with Crippen molar-refractivity contribution in [3.8, 4) is 11.4 Å². The van der Waals surface area contributed by atoms with Crippen molar-refractivity contribution < 1.29 is 14.3 Å². The van der Waals surface area contributed by atoms with Crippen LogP contribution < -0.4 is 5.32 Å². The Balaban J connectivity index is 1.36. The topological polar surface area (TPSA) is 120 Å². The van der Waals surface area contributed by atoms with E-state index < -0.39 is 6.29 Å². The van der Waals surface area contributed by atoms with Crippen LogP contribution in [0.1, 0.15) is 48.9 Å². The molecule has 158 valence electrons. The van der Waals surface area contributed by atoms with Crippen LogP contribution in [0.2, 0.25) is 0 Å². The van der Waals surface area contributed by atoms with Crippen LogP contribution in [0.4, 0.5) is 5.69 Å². The van der Waals surface area contributed by atoms with Gasteiger partial charge in [0.05, 0.1) is 12.7 Å². The largest absolute Gasteiger partial charge is 0.351 e. The zero-order chi connectivity index (χ0) is 20.9. The number of hydrogen-bond donors (Lipinski definition) is 2. The molecule has 30 heavy (non-hydrogen) atoms. The molecule has 0 atom stereocenters. The van der Waals surface area contributed by atoms with E-state index in [1.807, 2.05) is 38.1 Å². The van der Waals surface area contributed by atoms with Crippen LogP contribution in [-0.4, -0.2) is 55.6 Å². The summed E-state index contributed by atoms with van der Waals surface area (Å²) in [7, 11) is 0. The molecular weight excluding hydrogens is 386 g/mol. The number of aromatic nitrogens is 6. The summed E-state index contributed by atoms with van der Waals surface area (Å²) < 4.78 is 12.5. The smallest absolute Gasteiger partial charge is 0.277 e. The summed E-state index contributed by atoms with van der Waals surface area (Å²) in [5, 5.41) is 18.0. The van der Waals surface area contributed by atoms with Gasteiger partial charge in [-0.15, -0.1) is 5.10 Å². The van der Waals surface area contributed by atoms with Crippen molar-refractivity contribution in [2.45, 2.75) is 45.4 Å². The van der Waals surface area contributed by atoms with E-state index in [1.165, 1.54) is 17.5 Å².